The van der Waals surface area contributed by atoms with E-state index in [-0.39, 0.29) is 17.1 Å². The summed E-state index contributed by atoms with van der Waals surface area (Å²) >= 11 is 0. The Morgan fingerprint density at radius 2 is 1.72 bits per heavy atom. The lowest BCUT2D eigenvalue weighted by Crippen LogP contribution is -2.07. The van der Waals surface area contributed by atoms with Crippen LogP contribution in [0.2, 0.25) is 0 Å². The molecule has 0 unspecified atom stereocenters. The van der Waals surface area contributed by atoms with Crippen molar-refractivity contribution < 1.29 is 22.2 Å². The first-order chi connectivity index (χ1) is 13.9. The van der Waals surface area contributed by atoms with E-state index >= 15 is 0 Å². The number of halogens is 3. The number of benzene rings is 2. The molecule has 0 aliphatic rings. The van der Waals surface area contributed by atoms with Crippen LogP contribution in [0.15, 0.2) is 64.2 Å². The second-order valence-corrected chi connectivity index (χ2v) is 6.30. The Morgan fingerprint density at radius 3 is 2.38 bits per heavy atom. The normalized spacial score (nSPS) is 11.6. The number of rotatable bonds is 4. The van der Waals surface area contributed by atoms with Gasteiger partial charge in [-0.2, -0.15) is 18.2 Å². The fraction of sp³-hybridized carbons (Fsp3) is 0.0952. The molecular weight excluding hydrogens is 383 g/mol. The molecule has 0 bridgehead atoms. The van der Waals surface area contributed by atoms with Crippen molar-refractivity contribution in [2.75, 3.05) is 0 Å². The van der Waals surface area contributed by atoms with Crippen molar-refractivity contribution in [1.82, 2.24) is 15.3 Å². The van der Waals surface area contributed by atoms with Gasteiger partial charge in [-0.15, -0.1) is 0 Å². The number of aromatic nitrogens is 3. The Bertz CT molecular complexity index is 1180. The quantitative estimate of drug-likeness (QED) is 0.421. The Kier molecular flexibility index (Phi) is 4.54. The van der Waals surface area contributed by atoms with Gasteiger partial charge in [-0.25, -0.2) is 0 Å². The highest BCUT2D eigenvalue weighted by Gasteiger charge is 2.42. The number of alkyl halides is 3. The predicted octanol–water partition coefficient (Wildman–Crippen LogP) is 6.03. The summed E-state index contributed by atoms with van der Waals surface area (Å²) in [5.41, 5.74) is 1.33. The number of hydrogen-bond acceptors (Lipinski definition) is 5. The van der Waals surface area contributed by atoms with Crippen LogP contribution in [0.5, 0.6) is 0 Å². The van der Waals surface area contributed by atoms with Crippen molar-refractivity contribution >= 4 is 6.08 Å². The van der Waals surface area contributed by atoms with Gasteiger partial charge in [0.15, 0.2) is 0 Å². The van der Waals surface area contributed by atoms with Crippen LogP contribution in [0, 0.1) is 6.92 Å². The fourth-order valence-electron chi connectivity index (χ4n) is 2.97. The first-order valence-corrected chi connectivity index (χ1v) is 8.58. The Balaban J connectivity index is 1.80. The fourth-order valence-corrected chi connectivity index (χ4v) is 2.97. The highest BCUT2D eigenvalue weighted by molar-refractivity contribution is 5.71. The minimum Gasteiger partial charge on any atom is -0.350 e. The van der Waals surface area contributed by atoms with Crippen LogP contribution in [0.3, 0.4) is 0 Å². The molecule has 0 radical (unpaired) electrons. The lowest BCUT2D eigenvalue weighted by molar-refractivity contribution is -0.136. The highest BCUT2D eigenvalue weighted by atomic mass is 19.4. The van der Waals surface area contributed by atoms with Crippen molar-refractivity contribution in [3.63, 3.8) is 0 Å². The Morgan fingerprint density at radius 1 is 0.966 bits per heavy atom. The van der Waals surface area contributed by atoms with Crippen molar-refractivity contribution in [1.29, 1.82) is 0 Å². The molecule has 8 heteroatoms. The topological polar surface area (TPSA) is 65.0 Å². The molecule has 2 heterocycles. The summed E-state index contributed by atoms with van der Waals surface area (Å²) in [6.07, 6.45) is -3.02. The highest BCUT2D eigenvalue weighted by Crippen LogP contribution is 2.43. The van der Waals surface area contributed by atoms with E-state index in [1.165, 1.54) is 12.1 Å². The summed E-state index contributed by atoms with van der Waals surface area (Å²) < 4.78 is 51.4. The van der Waals surface area contributed by atoms with Crippen molar-refractivity contribution in [2.24, 2.45) is 0 Å². The average molecular weight is 397 g/mol. The van der Waals surface area contributed by atoms with Crippen LogP contribution in [0.4, 0.5) is 13.2 Å². The SMILES string of the molecule is C=Cc1ccc(-c2noc(-c3onc(-c4ccccc4)c3C(F)(F)F)n2)cc1C. The van der Waals surface area contributed by atoms with Gasteiger partial charge in [-0.05, 0) is 24.1 Å². The number of hydrogen-bond donors (Lipinski definition) is 0. The van der Waals surface area contributed by atoms with Gasteiger partial charge in [0.25, 0.3) is 5.89 Å². The molecule has 146 valence electrons. The van der Waals surface area contributed by atoms with Gasteiger partial charge in [0, 0.05) is 11.1 Å². The minimum absolute atomic E-state index is 0.143. The summed E-state index contributed by atoms with van der Waals surface area (Å²) in [6.45, 7) is 5.60. The van der Waals surface area contributed by atoms with E-state index in [1.54, 1.807) is 36.4 Å². The van der Waals surface area contributed by atoms with Gasteiger partial charge in [0.05, 0.1) is 0 Å². The monoisotopic (exact) mass is 397 g/mol. The van der Waals surface area contributed by atoms with Crippen LogP contribution in [-0.4, -0.2) is 15.3 Å². The molecule has 5 nitrogen and oxygen atoms in total. The first-order valence-electron chi connectivity index (χ1n) is 8.58. The van der Waals surface area contributed by atoms with Crippen molar-refractivity contribution in [3.8, 4) is 34.3 Å². The molecular formula is C21H14F3N3O2. The zero-order valence-electron chi connectivity index (χ0n) is 15.2. The Labute approximate surface area is 163 Å². The molecule has 0 saturated heterocycles. The molecule has 4 rings (SSSR count). The van der Waals surface area contributed by atoms with E-state index in [2.05, 4.69) is 21.9 Å². The van der Waals surface area contributed by atoms with Crippen LogP contribution in [-0.2, 0) is 6.18 Å². The molecule has 0 amide bonds. The van der Waals surface area contributed by atoms with Gasteiger partial charge in [0.2, 0.25) is 11.6 Å². The summed E-state index contributed by atoms with van der Waals surface area (Å²) in [5.74, 6) is -0.869. The molecule has 0 saturated carbocycles. The first kappa shape index (κ1) is 18.7. The Hall–Kier alpha value is -3.68. The van der Waals surface area contributed by atoms with E-state index < -0.39 is 23.4 Å². The van der Waals surface area contributed by atoms with Crippen LogP contribution >= 0.6 is 0 Å². The second kappa shape index (κ2) is 7.05. The molecule has 0 aliphatic heterocycles. The maximum Gasteiger partial charge on any atom is 0.422 e. The largest absolute Gasteiger partial charge is 0.422 e. The second-order valence-electron chi connectivity index (χ2n) is 6.30. The molecule has 29 heavy (non-hydrogen) atoms. The molecule has 2 aromatic carbocycles. The van der Waals surface area contributed by atoms with Gasteiger partial charge in [-0.1, -0.05) is 65.4 Å². The van der Waals surface area contributed by atoms with Crippen molar-refractivity contribution in [2.45, 2.75) is 13.1 Å². The average Bonchev–Trinajstić information content (AvgIpc) is 3.35. The molecule has 4 aromatic rings. The zero-order chi connectivity index (χ0) is 20.6. The molecule has 2 aromatic heterocycles. The van der Waals surface area contributed by atoms with Gasteiger partial charge >= 0.3 is 6.18 Å². The van der Waals surface area contributed by atoms with E-state index in [0.717, 1.165) is 11.1 Å². The van der Waals surface area contributed by atoms with E-state index in [4.69, 9.17) is 9.05 Å². The smallest absolute Gasteiger partial charge is 0.350 e. The minimum atomic E-state index is -4.72. The summed E-state index contributed by atoms with van der Waals surface area (Å²) in [5, 5.41) is 7.41. The van der Waals surface area contributed by atoms with Gasteiger partial charge < -0.3 is 9.05 Å². The van der Waals surface area contributed by atoms with Crippen LogP contribution in [0.1, 0.15) is 16.7 Å². The van der Waals surface area contributed by atoms with Gasteiger partial charge in [-0.3, -0.25) is 0 Å². The van der Waals surface area contributed by atoms with Crippen LogP contribution < -0.4 is 0 Å². The molecule has 0 aliphatic carbocycles. The summed E-state index contributed by atoms with van der Waals surface area (Å²) in [6, 6.07) is 13.3. The lowest BCUT2D eigenvalue weighted by Gasteiger charge is -2.06. The molecule has 0 N–H and O–H groups in total. The maximum absolute atomic E-state index is 13.8. The maximum atomic E-state index is 13.8. The van der Waals surface area contributed by atoms with Gasteiger partial charge in [0.1, 0.15) is 11.3 Å². The standard InChI is InChI=1S/C21H14F3N3O2/c1-3-13-9-10-15(11-12(13)2)19-25-20(29-27-19)18-16(21(22,23)24)17(26-28-18)14-7-5-4-6-8-14/h3-11H,1H2,2H3. The number of nitrogens with zero attached hydrogens (tertiary/aromatic N) is 3. The third-order valence-electron chi connectivity index (χ3n) is 4.39. The summed E-state index contributed by atoms with van der Waals surface area (Å²) in [4.78, 5) is 4.09. The third-order valence-corrected chi connectivity index (χ3v) is 4.39. The molecule has 0 fully saturated rings. The van der Waals surface area contributed by atoms with E-state index in [9.17, 15) is 13.2 Å². The van der Waals surface area contributed by atoms with Crippen molar-refractivity contribution in [3.05, 3.63) is 71.8 Å². The van der Waals surface area contributed by atoms with E-state index in [0.29, 0.717) is 5.56 Å². The number of aryl methyl sites for hydroxylation is 1. The summed E-state index contributed by atoms with van der Waals surface area (Å²) in [7, 11) is 0. The molecule has 0 spiro atoms. The molecule has 0 atom stereocenters. The predicted molar refractivity (Wildman–Crippen MR) is 100 cm³/mol. The lowest BCUT2D eigenvalue weighted by atomic mass is 10.0. The third kappa shape index (κ3) is 3.44. The van der Waals surface area contributed by atoms with E-state index in [1.807, 2.05) is 13.0 Å². The van der Waals surface area contributed by atoms with Crippen LogP contribution in [0.25, 0.3) is 40.4 Å². The zero-order valence-corrected chi connectivity index (χ0v) is 15.2.